The summed E-state index contributed by atoms with van der Waals surface area (Å²) in [7, 11) is 0. The van der Waals surface area contributed by atoms with Crippen molar-refractivity contribution in [2.45, 2.75) is 29.7 Å². The van der Waals surface area contributed by atoms with E-state index in [4.69, 9.17) is 9.47 Å². The second kappa shape index (κ2) is 14.5. The topological polar surface area (TPSA) is 102 Å². The molecule has 1 aliphatic heterocycles. The van der Waals surface area contributed by atoms with Crippen molar-refractivity contribution in [2.75, 3.05) is 11.5 Å². The summed E-state index contributed by atoms with van der Waals surface area (Å²) in [6, 6.07) is 33.1. The highest BCUT2D eigenvalue weighted by Gasteiger charge is 2.48. The average molecular weight is 704 g/mol. The third-order valence-electron chi connectivity index (χ3n) is 8.22. The summed E-state index contributed by atoms with van der Waals surface area (Å²) < 4.78 is 26.5. The number of hydrogen-bond acceptors (Lipinski definition) is 9. The molecule has 5 aromatic carbocycles. The van der Waals surface area contributed by atoms with E-state index in [1.54, 1.807) is 18.2 Å². The molecular formula is C39H30FN3O5S2. The molecule has 1 unspecified atom stereocenters. The number of hydrogen-bond donors (Lipinski definition) is 1. The van der Waals surface area contributed by atoms with Gasteiger partial charge in [-0.1, -0.05) is 102 Å². The van der Waals surface area contributed by atoms with Gasteiger partial charge in [-0.25, -0.2) is 4.39 Å². The van der Waals surface area contributed by atoms with Crippen LogP contribution >= 0.6 is 23.1 Å². The largest absolute Gasteiger partial charge is 0.507 e. The lowest BCUT2D eigenvalue weighted by Crippen LogP contribution is -2.29. The third-order valence-corrected chi connectivity index (χ3v) is 10.3. The molecule has 6 aromatic rings. The summed E-state index contributed by atoms with van der Waals surface area (Å²) in [5, 5.41) is 22.7. The predicted octanol–water partition coefficient (Wildman–Crippen LogP) is 8.73. The third kappa shape index (κ3) is 6.70. The average Bonchev–Trinajstić information content (AvgIpc) is 3.72. The van der Waals surface area contributed by atoms with E-state index in [2.05, 4.69) is 34.5 Å². The van der Waals surface area contributed by atoms with Crippen molar-refractivity contribution in [3.63, 3.8) is 0 Å². The summed E-state index contributed by atoms with van der Waals surface area (Å²) in [6.07, 6.45) is 0. The second-order valence-corrected chi connectivity index (χ2v) is 13.5. The number of anilines is 1. The van der Waals surface area contributed by atoms with Gasteiger partial charge in [0.25, 0.3) is 5.78 Å². The lowest BCUT2D eigenvalue weighted by Gasteiger charge is -2.23. The zero-order valence-corrected chi connectivity index (χ0v) is 28.4. The van der Waals surface area contributed by atoms with Gasteiger partial charge < -0.3 is 14.6 Å². The number of rotatable bonds is 11. The Morgan fingerprint density at radius 1 is 0.880 bits per heavy atom. The fourth-order valence-electron chi connectivity index (χ4n) is 5.84. The van der Waals surface area contributed by atoms with Gasteiger partial charge in [-0.15, -0.1) is 10.2 Å². The van der Waals surface area contributed by atoms with E-state index in [-0.39, 0.29) is 16.3 Å². The minimum Gasteiger partial charge on any atom is -0.507 e. The van der Waals surface area contributed by atoms with E-state index < -0.39 is 29.3 Å². The number of ketones is 1. The van der Waals surface area contributed by atoms with Gasteiger partial charge in [-0.3, -0.25) is 14.5 Å². The zero-order chi connectivity index (χ0) is 34.6. The van der Waals surface area contributed by atoms with Crippen LogP contribution in [0.1, 0.15) is 35.2 Å². The van der Waals surface area contributed by atoms with Gasteiger partial charge in [0.05, 0.1) is 18.2 Å². The molecule has 1 saturated heterocycles. The number of halogens is 1. The van der Waals surface area contributed by atoms with Gasteiger partial charge >= 0.3 is 5.91 Å². The molecule has 250 valence electrons. The van der Waals surface area contributed by atoms with E-state index in [0.717, 1.165) is 21.9 Å². The molecule has 1 N–H and O–H groups in total. The first-order chi connectivity index (χ1) is 24.4. The van der Waals surface area contributed by atoms with E-state index in [1.165, 1.54) is 52.3 Å². The van der Waals surface area contributed by atoms with Crippen molar-refractivity contribution in [3.8, 4) is 11.5 Å². The van der Waals surface area contributed by atoms with Crippen molar-refractivity contribution >= 4 is 56.5 Å². The minimum atomic E-state index is -1.09. The number of benzene rings is 5. The molecule has 1 fully saturated rings. The lowest BCUT2D eigenvalue weighted by molar-refractivity contribution is -0.132. The Balaban J connectivity index is 1.26. The molecule has 1 atom stereocenters. The molecule has 0 radical (unpaired) electrons. The van der Waals surface area contributed by atoms with Crippen molar-refractivity contribution in [3.05, 3.63) is 149 Å². The fourth-order valence-corrected chi connectivity index (χ4v) is 7.71. The molecule has 8 nitrogen and oxygen atoms in total. The van der Waals surface area contributed by atoms with Crippen molar-refractivity contribution < 1.29 is 28.6 Å². The van der Waals surface area contributed by atoms with Crippen LogP contribution in [0.25, 0.3) is 16.5 Å². The molecule has 50 heavy (non-hydrogen) atoms. The van der Waals surface area contributed by atoms with Gasteiger partial charge in [-0.2, -0.15) is 0 Å². The monoisotopic (exact) mass is 703 g/mol. The Morgan fingerprint density at radius 2 is 1.64 bits per heavy atom. The number of amides is 1. The minimum absolute atomic E-state index is 0.165. The molecule has 2 heterocycles. The molecular weight excluding hydrogens is 674 g/mol. The summed E-state index contributed by atoms with van der Waals surface area (Å²) >= 11 is 2.65. The van der Waals surface area contributed by atoms with Crippen LogP contribution in [0.3, 0.4) is 0 Å². The highest BCUT2D eigenvalue weighted by molar-refractivity contribution is 8.00. The van der Waals surface area contributed by atoms with Crippen LogP contribution in [0.15, 0.2) is 125 Å². The molecule has 0 bridgehead atoms. The number of carbonyl (C=O) groups is 2. The number of aliphatic hydroxyl groups is 1. The van der Waals surface area contributed by atoms with Gasteiger partial charge in [0.15, 0.2) is 15.8 Å². The van der Waals surface area contributed by atoms with Crippen LogP contribution in [-0.2, 0) is 21.9 Å². The second-order valence-electron chi connectivity index (χ2n) is 11.4. The maximum absolute atomic E-state index is 13.8. The van der Waals surface area contributed by atoms with Crippen molar-refractivity contribution in [1.29, 1.82) is 0 Å². The summed E-state index contributed by atoms with van der Waals surface area (Å²) in [6.45, 7) is 2.47. The van der Waals surface area contributed by atoms with Crippen molar-refractivity contribution in [1.82, 2.24) is 10.2 Å². The maximum atomic E-state index is 13.8. The van der Waals surface area contributed by atoms with Gasteiger partial charge in [0, 0.05) is 11.3 Å². The number of Topliss-reactive ketones (excluding diaryl/α,β-unsaturated/α-hetero) is 1. The smallest absolute Gasteiger partial charge is 0.301 e. The molecule has 1 amide bonds. The quantitative estimate of drug-likeness (QED) is 0.0470. The first kappa shape index (κ1) is 33.0. The first-order valence-electron chi connectivity index (χ1n) is 15.8. The van der Waals surface area contributed by atoms with Gasteiger partial charge in [-0.05, 0) is 70.8 Å². The Hall–Kier alpha value is -5.52. The van der Waals surface area contributed by atoms with Gasteiger partial charge in [0.2, 0.25) is 5.13 Å². The fraction of sp³-hybridized carbons (Fsp3) is 0.128. The number of carbonyl (C=O) groups excluding carboxylic acids is 2. The van der Waals surface area contributed by atoms with Crippen LogP contribution in [0, 0.1) is 5.82 Å². The standard InChI is InChI=1S/C39H30FN3O5S2/c1-2-47-32-21-27(17-20-31(32)48-22-24-9-4-3-5-10-24)34-33(35(44)26-15-18-29(40)19-16-26)36(45)37(46)43(34)38-41-42-39(50-38)49-23-28-13-8-12-25-11-6-7-14-30(25)28/h3-21,34,44H,2,22-23H2,1H3/b35-33+. The summed E-state index contributed by atoms with van der Waals surface area (Å²) in [5.41, 5.74) is 2.59. The molecule has 7 rings (SSSR count). The Morgan fingerprint density at radius 3 is 2.44 bits per heavy atom. The first-order valence-corrected chi connectivity index (χ1v) is 17.6. The molecule has 1 aromatic heterocycles. The van der Waals surface area contributed by atoms with Crippen LogP contribution < -0.4 is 14.4 Å². The highest BCUT2D eigenvalue weighted by atomic mass is 32.2. The number of ether oxygens (including phenoxy) is 2. The normalized spacial score (nSPS) is 15.5. The molecule has 11 heteroatoms. The van der Waals surface area contributed by atoms with Crippen LogP contribution in [-0.4, -0.2) is 33.6 Å². The molecule has 0 aliphatic carbocycles. The number of aromatic nitrogens is 2. The predicted molar refractivity (Wildman–Crippen MR) is 193 cm³/mol. The van der Waals surface area contributed by atoms with E-state index >= 15 is 0 Å². The molecule has 0 spiro atoms. The number of nitrogens with zero attached hydrogens (tertiary/aromatic N) is 3. The Kier molecular flexibility index (Phi) is 9.59. The summed E-state index contributed by atoms with van der Waals surface area (Å²) in [5.74, 6) is -1.23. The van der Waals surface area contributed by atoms with Crippen LogP contribution in [0.2, 0.25) is 0 Å². The van der Waals surface area contributed by atoms with Crippen LogP contribution in [0.4, 0.5) is 9.52 Å². The van der Waals surface area contributed by atoms with E-state index in [9.17, 15) is 19.1 Å². The maximum Gasteiger partial charge on any atom is 0.301 e. The van der Waals surface area contributed by atoms with E-state index in [0.29, 0.717) is 40.4 Å². The highest BCUT2D eigenvalue weighted by Crippen LogP contribution is 2.46. The zero-order valence-electron chi connectivity index (χ0n) is 26.8. The number of thioether (sulfide) groups is 1. The molecule has 1 aliphatic rings. The summed E-state index contributed by atoms with van der Waals surface area (Å²) in [4.78, 5) is 28.8. The van der Waals surface area contributed by atoms with Crippen LogP contribution in [0.5, 0.6) is 11.5 Å². The van der Waals surface area contributed by atoms with Gasteiger partial charge in [0.1, 0.15) is 18.2 Å². The van der Waals surface area contributed by atoms with E-state index in [1.807, 2.05) is 55.5 Å². The number of fused-ring (bicyclic) bond motifs is 1. The van der Waals surface area contributed by atoms with Crippen molar-refractivity contribution in [2.24, 2.45) is 0 Å². The molecule has 0 saturated carbocycles. The lowest BCUT2D eigenvalue weighted by atomic mass is 9.95. The number of aliphatic hydroxyl groups excluding tert-OH is 1. The Bertz CT molecular complexity index is 2220. The Labute approximate surface area is 295 Å². The SMILES string of the molecule is CCOc1cc(C2/C(=C(\O)c3ccc(F)cc3)C(=O)C(=O)N2c2nnc(SCc3cccc4ccccc34)s2)ccc1OCc1ccccc1.